The Balaban J connectivity index is 1.73. The highest BCUT2D eigenvalue weighted by atomic mass is 31.2. The van der Waals surface area contributed by atoms with Crippen molar-refractivity contribution in [3.63, 3.8) is 0 Å². The van der Waals surface area contributed by atoms with Crippen molar-refractivity contribution in [2.24, 2.45) is 5.92 Å². The largest absolute Gasteiger partial charge is 0.387 e. The van der Waals surface area contributed by atoms with Crippen molar-refractivity contribution < 1.29 is 29.3 Å². The zero-order chi connectivity index (χ0) is 18.2. The highest BCUT2D eigenvalue weighted by molar-refractivity contribution is 7.51. The number of rotatable bonds is 4. The smallest absolute Gasteiger partial charge is 0.351 e. The molecule has 0 saturated heterocycles. The molecule has 5 atom stereocenters. The van der Waals surface area contributed by atoms with Crippen LogP contribution >= 0.6 is 7.60 Å². The number of imidazole rings is 1. The Kier molecular flexibility index (Phi) is 3.34. The molecule has 0 aromatic carbocycles. The van der Waals surface area contributed by atoms with Crippen LogP contribution in [0.4, 0.5) is 5.82 Å². The van der Waals surface area contributed by atoms with Gasteiger partial charge in [-0.15, -0.1) is 0 Å². The first-order chi connectivity index (χ1) is 11.6. The molecule has 12 heteroatoms. The highest BCUT2D eigenvalue weighted by Gasteiger charge is 2.77. The number of nitrogens with zero attached hydrogens (tertiary/aromatic N) is 4. The number of aliphatic hydroxyl groups excluding tert-OH is 1. The number of aromatic nitrogens is 4. The molecule has 2 fully saturated rings. The Hall–Kier alpha value is -1.62. The maximum Gasteiger partial charge on any atom is 0.351 e. The van der Waals surface area contributed by atoms with Gasteiger partial charge in [-0.05, 0) is 13.3 Å². The van der Waals surface area contributed by atoms with Gasteiger partial charge in [0.25, 0.3) is 0 Å². The molecular weight excluding hydrogens is 353 g/mol. The maximum atomic E-state index is 11.1. The molecule has 4 rings (SSSR count). The third-order valence-electron chi connectivity index (χ3n) is 5.19. The van der Waals surface area contributed by atoms with Crippen molar-refractivity contribution in [2.75, 3.05) is 12.1 Å². The van der Waals surface area contributed by atoms with Crippen LogP contribution in [0.2, 0.25) is 0 Å². The Morgan fingerprint density at radius 3 is 2.84 bits per heavy atom. The molecule has 2 heterocycles. The van der Waals surface area contributed by atoms with E-state index in [4.69, 9.17) is 20.3 Å². The van der Waals surface area contributed by atoms with E-state index in [9.17, 15) is 14.8 Å². The van der Waals surface area contributed by atoms with Gasteiger partial charge in [-0.1, -0.05) is 0 Å². The third kappa shape index (κ3) is 2.31. The molecule has 2 aromatic heterocycles. The molecule has 2 aliphatic rings. The summed E-state index contributed by atoms with van der Waals surface area (Å²) in [4.78, 5) is 30.3. The fraction of sp³-hybridized carbons (Fsp3) is 0.615. The fourth-order valence-electron chi connectivity index (χ4n) is 4.04. The fourth-order valence-corrected chi connectivity index (χ4v) is 4.45. The van der Waals surface area contributed by atoms with E-state index in [0.717, 1.165) is 0 Å². The Morgan fingerprint density at radius 2 is 2.16 bits per heavy atom. The number of hydrogen-bond donors (Lipinski definition) is 5. The van der Waals surface area contributed by atoms with Crippen LogP contribution < -0.4 is 5.73 Å². The highest BCUT2D eigenvalue weighted by Crippen LogP contribution is 2.67. The predicted molar refractivity (Wildman–Crippen MR) is 84.2 cm³/mol. The Labute approximate surface area is 141 Å². The SMILES string of the molecule is C[C@@]1(O)C(O)[C@]2(OCP(=O)(O)O)C[C@@H]2[C@H]1n1cnc2c(N)ncnc21. The molecule has 0 spiro atoms. The summed E-state index contributed by atoms with van der Waals surface area (Å²) in [6.45, 7) is 1.45. The van der Waals surface area contributed by atoms with Crippen molar-refractivity contribution in [1.29, 1.82) is 0 Å². The van der Waals surface area contributed by atoms with Gasteiger partial charge in [-0.25, -0.2) is 15.0 Å². The summed E-state index contributed by atoms with van der Waals surface area (Å²) in [5.41, 5.74) is 3.75. The minimum atomic E-state index is -4.40. The molecule has 0 amide bonds. The molecular formula is C13H18N5O6P. The van der Waals surface area contributed by atoms with Crippen LogP contribution in [0.15, 0.2) is 12.7 Å². The lowest BCUT2D eigenvalue weighted by molar-refractivity contribution is -0.127. The van der Waals surface area contributed by atoms with Gasteiger partial charge in [-0.3, -0.25) is 4.57 Å². The van der Waals surface area contributed by atoms with Crippen LogP contribution in [0.1, 0.15) is 19.4 Å². The standard InChI is InChI=1S/C13H18N5O6P/c1-12(20)8(18-4-17-7-9(14)15-3-16-10(7)18)6-2-13(6,11(12)19)24-5-25(21,22)23/h3-4,6,8,11,19-20H,2,5H2,1H3,(H2,14,15,16)(H2,21,22,23)/t6-,8-,11?,12+,13+/m1/s1. The number of fused-ring (bicyclic) bond motifs is 2. The second-order valence-electron chi connectivity index (χ2n) is 6.86. The van der Waals surface area contributed by atoms with E-state index in [1.807, 2.05) is 0 Å². The second kappa shape index (κ2) is 4.97. The first-order valence-electron chi connectivity index (χ1n) is 7.60. The van der Waals surface area contributed by atoms with Gasteiger partial charge in [0.2, 0.25) is 0 Å². The van der Waals surface area contributed by atoms with Crippen LogP contribution in [0, 0.1) is 5.92 Å². The van der Waals surface area contributed by atoms with Gasteiger partial charge in [0.1, 0.15) is 35.5 Å². The van der Waals surface area contributed by atoms with E-state index < -0.39 is 37.3 Å². The van der Waals surface area contributed by atoms with Crippen molar-refractivity contribution in [3.05, 3.63) is 12.7 Å². The average Bonchev–Trinajstić information content (AvgIpc) is 3.01. The van der Waals surface area contributed by atoms with Crippen molar-refractivity contribution in [2.45, 2.75) is 36.7 Å². The molecule has 2 aromatic rings. The number of aliphatic hydroxyl groups is 2. The minimum absolute atomic E-state index is 0.196. The maximum absolute atomic E-state index is 11.1. The number of hydrogen-bond acceptors (Lipinski definition) is 8. The predicted octanol–water partition coefficient (Wildman–Crippen LogP) is -1.01. The van der Waals surface area contributed by atoms with E-state index in [-0.39, 0.29) is 11.7 Å². The molecule has 11 nitrogen and oxygen atoms in total. The lowest BCUT2D eigenvalue weighted by Crippen LogP contribution is -2.48. The Bertz CT molecular complexity index is 896. The monoisotopic (exact) mass is 371 g/mol. The quantitative estimate of drug-likeness (QED) is 0.418. The van der Waals surface area contributed by atoms with E-state index in [1.165, 1.54) is 19.6 Å². The number of nitrogens with two attached hydrogens (primary N) is 1. The lowest BCUT2D eigenvalue weighted by Gasteiger charge is -2.34. The third-order valence-corrected chi connectivity index (χ3v) is 5.66. The summed E-state index contributed by atoms with van der Waals surface area (Å²) in [6, 6.07) is -0.640. The summed E-state index contributed by atoms with van der Waals surface area (Å²) in [6.07, 6.45) is 0.954. The summed E-state index contributed by atoms with van der Waals surface area (Å²) in [5.74, 6) is -0.153. The lowest BCUT2D eigenvalue weighted by atomic mass is 9.92. The summed E-state index contributed by atoms with van der Waals surface area (Å²) in [7, 11) is -4.40. The summed E-state index contributed by atoms with van der Waals surface area (Å²) >= 11 is 0. The molecule has 2 aliphatic carbocycles. The first kappa shape index (κ1) is 16.8. The van der Waals surface area contributed by atoms with Gasteiger partial charge in [0.05, 0.1) is 12.4 Å². The van der Waals surface area contributed by atoms with Gasteiger partial charge < -0.3 is 35.0 Å². The van der Waals surface area contributed by atoms with Crippen molar-refractivity contribution in [1.82, 2.24) is 19.5 Å². The van der Waals surface area contributed by atoms with Crippen molar-refractivity contribution >= 4 is 24.6 Å². The van der Waals surface area contributed by atoms with Crippen LogP contribution in [-0.4, -0.2) is 63.2 Å². The van der Waals surface area contributed by atoms with Gasteiger partial charge >= 0.3 is 7.60 Å². The van der Waals surface area contributed by atoms with Crippen LogP contribution in [0.5, 0.6) is 0 Å². The van der Waals surface area contributed by atoms with E-state index in [0.29, 0.717) is 17.6 Å². The Morgan fingerprint density at radius 1 is 1.44 bits per heavy atom. The van der Waals surface area contributed by atoms with Gasteiger partial charge in [0, 0.05) is 5.92 Å². The van der Waals surface area contributed by atoms with E-state index in [2.05, 4.69) is 15.0 Å². The number of nitrogen functional groups attached to an aromatic ring is 1. The molecule has 2 saturated carbocycles. The molecule has 0 aliphatic heterocycles. The topological polar surface area (TPSA) is 177 Å². The molecule has 0 radical (unpaired) electrons. The molecule has 1 unspecified atom stereocenters. The van der Waals surface area contributed by atoms with E-state index in [1.54, 1.807) is 4.57 Å². The molecule has 136 valence electrons. The average molecular weight is 371 g/mol. The molecule has 25 heavy (non-hydrogen) atoms. The minimum Gasteiger partial charge on any atom is -0.387 e. The van der Waals surface area contributed by atoms with Gasteiger partial charge in [-0.2, -0.15) is 0 Å². The zero-order valence-corrected chi connectivity index (χ0v) is 14.1. The first-order valence-corrected chi connectivity index (χ1v) is 9.39. The summed E-state index contributed by atoms with van der Waals surface area (Å²) in [5, 5.41) is 21.5. The van der Waals surface area contributed by atoms with Crippen LogP contribution in [-0.2, 0) is 9.30 Å². The number of anilines is 1. The second-order valence-corrected chi connectivity index (χ2v) is 8.45. The number of ether oxygens (including phenoxy) is 1. The van der Waals surface area contributed by atoms with Crippen LogP contribution in [0.3, 0.4) is 0 Å². The van der Waals surface area contributed by atoms with E-state index >= 15 is 0 Å². The zero-order valence-electron chi connectivity index (χ0n) is 13.2. The van der Waals surface area contributed by atoms with Gasteiger partial charge in [0.15, 0.2) is 11.5 Å². The normalized spacial score (nSPS) is 37.4. The van der Waals surface area contributed by atoms with Crippen LogP contribution in [0.25, 0.3) is 11.2 Å². The summed E-state index contributed by atoms with van der Waals surface area (Å²) < 4.78 is 18.1. The van der Waals surface area contributed by atoms with Crippen molar-refractivity contribution in [3.8, 4) is 0 Å². The molecule has 6 N–H and O–H groups in total. The molecule has 0 bridgehead atoms.